The molecule has 0 saturated heterocycles. The van der Waals surface area contributed by atoms with Crippen molar-refractivity contribution in [2.75, 3.05) is 12.4 Å². The number of rotatable bonds is 7. The van der Waals surface area contributed by atoms with E-state index in [1.165, 1.54) is 19.2 Å². The number of ether oxygens (including phenoxy) is 1. The van der Waals surface area contributed by atoms with E-state index in [2.05, 4.69) is 16.5 Å². The minimum atomic E-state index is -1.04. The third-order valence-electron chi connectivity index (χ3n) is 6.43. The van der Waals surface area contributed by atoms with Crippen LogP contribution in [-0.4, -0.2) is 28.0 Å². The molecule has 39 heavy (non-hydrogen) atoms. The molecule has 2 N–H and O–H groups in total. The molecule has 0 bridgehead atoms. The number of aromatic carboxylic acids is 1. The maximum Gasteiger partial charge on any atom is 0.337 e. The summed E-state index contributed by atoms with van der Waals surface area (Å²) < 4.78 is 13.2. The zero-order valence-electron chi connectivity index (χ0n) is 21.4. The Morgan fingerprint density at radius 3 is 2.72 bits per heavy atom. The number of aromatic nitrogens is 2. The Morgan fingerprint density at radius 2 is 1.97 bits per heavy atom. The molecule has 0 radical (unpaired) electrons. The zero-order chi connectivity index (χ0) is 27.7. The first-order valence-electron chi connectivity index (χ1n) is 12.1. The standard InChI is InChI=1S/C30H24N4O5/c1-17-10-23(18(2)33-25-7-5-4-6-22(25)30(36)37)29-24(11-17)26(35)13-28(39-29)20-15-32-34(16-20)21-9-8-19(14-31)27(12-21)38-3/h4-13,15-16,18,33H,1-3H3,(H,36,37)/t18-/m1/s1. The molecule has 0 saturated carbocycles. The quantitative estimate of drug-likeness (QED) is 0.279. The van der Waals surface area contributed by atoms with Crippen molar-refractivity contribution < 1.29 is 19.1 Å². The van der Waals surface area contributed by atoms with Crippen molar-refractivity contribution in [1.82, 2.24) is 9.78 Å². The fourth-order valence-corrected chi connectivity index (χ4v) is 4.51. The first-order chi connectivity index (χ1) is 18.8. The number of carboxylic acids is 1. The highest BCUT2D eigenvalue weighted by molar-refractivity contribution is 5.94. The van der Waals surface area contributed by atoms with E-state index in [0.717, 1.165) is 5.56 Å². The van der Waals surface area contributed by atoms with E-state index in [1.54, 1.807) is 59.5 Å². The maximum atomic E-state index is 13.2. The van der Waals surface area contributed by atoms with Crippen LogP contribution in [0.1, 0.15) is 40.0 Å². The average Bonchev–Trinajstić information content (AvgIpc) is 3.43. The van der Waals surface area contributed by atoms with Crippen molar-refractivity contribution in [1.29, 1.82) is 5.26 Å². The summed E-state index contributed by atoms with van der Waals surface area (Å²) in [6, 6.07) is 18.6. The van der Waals surface area contributed by atoms with E-state index in [1.807, 2.05) is 19.9 Å². The van der Waals surface area contributed by atoms with Crippen LogP contribution in [0.2, 0.25) is 0 Å². The smallest absolute Gasteiger partial charge is 0.337 e. The van der Waals surface area contributed by atoms with Crippen molar-refractivity contribution in [3.63, 3.8) is 0 Å². The zero-order valence-corrected chi connectivity index (χ0v) is 21.4. The van der Waals surface area contributed by atoms with Gasteiger partial charge in [-0.2, -0.15) is 10.4 Å². The molecular weight excluding hydrogens is 496 g/mol. The Morgan fingerprint density at radius 1 is 1.18 bits per heavy atom. The molecule has 0 amide bonds. The van der Waals surface area contributed by atoms with E-state index < -0.39 is 5.97 Å². The summed E-state index contributed by atoms with van der Waals surface area (Å²) in [4.78, 5) is 24.9. The van der Waals surface area contributed by atoms with Crippen LogP contribution in [0.5, 0.6) is 5.75 Å². The number of carboxylic acid groups (broad SMARTS) is 1. The van der Waals surface area contributed by atoms with Crippen LogP contribution < -0.4 is 15.5 Å². The second kappa shape index (κ2) is 10.2. The second-order valence-electron chi connectivity index (χ2n) is 9.09. The molecule has 9 nitrogen and oxygen atoms in total. The predicted molar refractivity (Wildman–Crippen MR) is 146 cm³/mol. The molecule has 5 aromatic rings. The third kappa shape index (κ3) is 4.83. The van der Waals surface area contributed by atoms with Crippen molar-refractivity contribution in [3.05, 3.63) is 106 Å². The fourth-order valence-electron chi connectivity index (χ4n) is 4.51. The van der Waals surface area contributed by atoms with Gasteiger partial charge in [-0.05, 0) is 49.7 Å². The number of anilines is 1. The van der Waals surface area contributed by atoms with Gasteiger partial charge in [0.2, 0.25) is 0 Å². The van der Waals surface area contributed by atoms with Gasteiger partial charge < -0.3 is 19.6 Å². The van der Waals surface area contributed by atoms with Gasteiger partial charge in [0.1, 0.15) is 23.2 Å². The van der Waals surface area contributed by atoms with Gasteiger partial charge in [0.05, 0.1) is 47.1 Å². The molecule has 0 aliphatic rings. The molecule has 0 aliphatic heterocycles. The summed E-state index contributed by atoms with van der Waals surface area (Å²) in [5.74, 6) is -0.275. The number of hydrogen-bond acceptors (Lipinski definition) is 7. The number of nitriles is 1. The Kier molecular flexibility index (Phi) is 6.61. The van der Waals surface area contributed by atoms with Gasteiger partial charge in [-0.25, -0.2) is 9.48 Å². The summed E-state index contributed by atoms with van der Waals surface area (Å²) in [7, 11) is 1.49. The van der Waals surface area contributed by atoms with Crippen molar-refractivity contribution in [2.24, 2.45) is 0 Å². The number of carbonyl (C=O) groups is 1. The summed E-state index contributed by atoms with van der Waals surface area (Å²) in [6.07, 6.45) is 3.32. The molecule has 0 spiro atoms. The van der Waals surface area contributed by atoms with E-state index in [9.17, 15) is 20.0 Å². The number of hydrogen-bond donors (Lipinski definition) is 2. The van der Waals surface area contributed by atoms with Crippen molar-refractivity contribution in [2.45, 2.75) is 19.9 Å². The normalized spacial score (nSPS) is 11.6. The predicted octanol–water partition coefficient (Wildman–Crippen LogP) is 5.71. The molecule has 2 aromatic heterocycles. The lowest BCUT2D eigenvalue weighted by molar-refractivity contribution is 0.0698. The molecule has 194 valence electrons. The molecule has 5 rings (SSSR count). The third-order valence-corrected chi connectivity index (χ3v) is 6.43. The molecule has 0 fully saturated rings. The molecule has 0 unspecified atom stereocenters. The first-order valence-corrected chi connectivity index (χ1v) is 12.1. The highest BCUT2D eigenvalue weighted by Crippen LogP contribution is 2.31. The highest BCUT2D eigenvalue weighted by atomic mass is 16.5. The van der Waals surface area contributed by atoms with Crippen LogP contribution in [0.25, 0.3) is 28.0 Å². The van der Waals surface area contributed by atoms with Crippen LogP contribution >= 0.6 is 0 Å². The van der Waals surface area contributed by atoms with E-state index >= 15 is 0 Å². The Bertz CT molecular complexity index is 1830. The Balaban J connectivity index is 1.57. The molecule has 9 heteroatoms. The average molecular weight is 521 g/mol. The SMILES string of the molecule is COc1cc(-n2cc(-c3cc(=O)c4cc(C)cc([C@@H](C)Nc5ccccc5C(=O)O)c4o3)cn2)ccc1C#N. The lowest BCUT2D eigenvalue weighted by atomic mass is 10.0. The monoisotopic (exact) mass is 520 g/mol. The van der Waals surface area contributed by atoms with Crippen LogP contribution in [-0.2, 0) is 0 Å². The van der Waals surface area contributed by atoms with E-state index in [0.29, 0.717) is 50.5 Å². The fraction of sp³-hybridized carbons (Fsp3) is 0.133. The lowest BCUT2D eigenvalue weighted by Crippen LogP contribution is -2.12. The van der Waals surface area contributed by atoms with E-state index in [4.69, 9.17) is 9.15 Å². The first kappa shape index (κ1) is 25.3. The van der Waals surface area contributed by atoms with Gasteiger partial charge in [0.25, 0.3) is 0 Å². The number of fused-ring (bicyclic) bond motifs is 1. The summed E-state index contributed by atoms with van der Waals surface area (Å²) in [6.45, 7) is 3.78. The number of methoxy groups -OCH3 is 1. The highest BCUT2D eigenvalue weighted by Gasteiger charge is 2.19. The minimum absolute atomic E-state index is 0.148. The van der Waals surface area contributed by atoms with Gasteiger partial charge in [-0.15, -0.1) is 0 Å². The maximum absolute atomic E-state index is 13.2. The number of benzene rings is 3. The van der Waals surface area contributed by atoms with Gasteiger partial charge in [0.15, 0.2) is 5.43 Å². The lowest BCUT2D eigenvalue weighted by Gasteiger charge is -2.19. The van der Waals surface area contributed by atoms with Crippen LogP contribution in [0.4, 0.5) is 5.69 Å². The largest absolute Gasteiger partial charge is 0.495 e. The van der Waals surface area contributed by atoms with E-state index in [-0.39, 0.29) is 17.0 Å². The van der Waals surface area contributed by atoms with Crippen molar-refractivity contribution >= 4 is 22.6 Å². The topological polar surface area (TPSA) is 130 Å². The van der Waals surface area contributed by atoms with Gasteiger partial charge in [-0.1, -0.05) is 18.2 Å². The second-order valence-corrected chi connectivity index (χ2v) is 9.09. The van der Waals surface area contributed by atoms with Crippen LogP contribution in [0.15, 0.2) is 82.3 Å². The molecular formula is C30H24N4O5. The summed E-state index contributed by atoms with van der Waals surface area (Å²) >= 11 is 0. The van der Waals surface area contributed by atoms with Gasteiger partial charge >= 0.3 is 5.97 Å². The minimum Gasteiger partial charge on any atom is -0.495 e. The molecule has 0 aliphatic carbocycles. The summed E-state index contributed by atoms with van der Waals surface area (Å²) in [5.41, 5.74) is 4.07. The van der Waals surface area contributed by atoms with Crippen LogP contribution in [0.3, 0.4) is 0 Å². The van der Waals surface area contributed by atoms with Crippen LogP contribution in [0, 0.1) is 18.3 Å². The number of nitrogens with one attached hydrogen (secondary N) is 1. The Hall–Kier alpha value is -5.36. The van der Waals surface area contributed by atoms with Crippen molar-refractivity contribution in [3.8, 4) is 28.8 Å². The van der Waals surface area contributed by atoms with Gasteiger partial charge in [-0.3, -0.25) is 4.79 Å². The number of aryl methyl sites for hydroxylation is 1. The molecule has 3 aromatic carbocycles. The molecule has 2 heterocycles. The Labute approximate surface area is 223 Å². The summed E-state index contributed by atoms with van der Waals surface area (Å²) in [5, 5.41) is 26.9. The van der Waals surface area contributed by atoms with Gasteiger partial charge in [0, 0.05) is 29.6 Å². The molecule has 1 atom stereocenters. The number of nitrogens with zero attached hydrogens (tertiary/aromatic N) is 3. The number of para-hydroxylation sites is 1.